The number of benzene rings is 2. The summed E-state index contributed by atoms with van der Waals surface area (Å²) in [5, 5.41) is 12.3. The van der Waals surface area contributed by atoms with E-state index in [9.17, 15) is 57.5 Å². The molecule has 9 amide bonds. The molecule has 0 fully saturated rings. The maximum Gasteiger partial charge on any atom is 0.408 e. The molecule has 29 heteroatoms. The summed E-state index contributed by atoms with van der Waals surface area (Å²) in [6.45, 7) is 7.65. The molecule has 461 valence electrons. The number of rotatable bonds is 32. The van der Waals surface area contributed by atoms with E-state index in [0.717, 1.165) is 44.2 Å². The number of carbonyl (C=O) groups excluding carboxylic acids is 12. The van der Waals surface area contributed by atoms with Crippen molar-refractivity contribution in [2.45, 2.75) is 102 Å². The minimum Gasteiger partial charge on any atom is -0.468 e. The van der Waals surface area contributed by atoms with Crippen LogP contribution in [0.25, 0.3) is 11.1 Å². The number of hydrogen-bond donors (Lipinski definition) is 5. The lowest BCUT2D eigenvalue weighted by Crippen LogP contribution is -2.49. The highest BCUT2D eigenvalue weighted by atomic mass is 35.6. The maximum atomic E-state index is 13.6. The molecule has 84 heavy (non-hydrogen) atoms. The van der Waals surface area contributed by atoms with Crippen LogP contribution in [0.2, 0.25) is 6.32 Å². The van der Waals surface area contributed by atoms with Gasteiger partial charge in [0.25, 0.3) is 7.28 Å². The molecule has 1 aliphatic rings. The smallest absolute Gasteiger partial charge is 0.408 e. The summed E-state index contributed by atoms with van der Waals surface area (Å²) >= 11 is 17.0. The number of nitrogens with one attached hydrogen (secondary N) is 5. The van der Waals surface area contributed by atoms with Gasteiger partial charge in [0.2, 0.25) is 45.1 Å². The molecule has 2 aromatic rings. The summed E-state index contributed by atoms with van der Waals surface area (Å²) in [6.07, 6.45) is -3.52. The van der Waals surface area contributed by atoms with Crippen LogP contribution in [0.3, 0.4) is 0 Å². The average molecular weight is 1240 g/mol. The fourth-order valence-electron chi connectivity index (χ4n) is 8.16. The number of amides is 9. The molecule has 3 rings (SSSR count). The quantitative estimate of drug-likeness (QED) is 0.0391. The van der Waals surface area contributed by atoms with Crippen LogP contribution in [-0.4, -0.2) is 211 Å². The lowest BCUT2D eigenvalue weighted by molar-refractivity contribution is -0.136. The van der Waals surface area contributed by atoms with Crippen molar-refractivity contribution >= 4 is 113 Å². The standard InChI is InChI=1S/C55H76BCl3N9O16/c1-9-45(73)66(30-36(2)69)24-20-60-44(72)33-68(46(74)27-56-49(77)83-53(3,4)5)25-21-61-43(71)32-65(47(75)29-64-52(80)84-54(6,7)8)23-14-15-37(70)31-67(48(76)28-63-51(79)82-35-55(57,58)59)26-22-62-50(78)81-34-42-40-18-12-10-16-38(40)39-17-11-13-19-41(39)42/h10-13,16-19,42H,9,14-15,20-35H2,1-8H3,(H,60,72)(H,61,71)(H,62,78)(H,63,79)(H,64,80). The van der Waals surface area contributed by atoms with E-state index in [4.69, 9.17) is 53.8 Å². The second kappa shape index (κ2) is 34.6. The van der Waals surface area contributed by atoms with Gasteiger partial charge in [0.05, 0.1) is 26.2 Å². The number of ketones is 2. The maximum absolute atomic E-state index is 13.6. The third-order valence-electron chi connectivity index (χ3n) is 11.8. The Morgan fingerprint density at radius 3 is 1.51 bits per heavy atom. The number of hydrogen-bond acceptors (Lipinski definition) is 16. The lowest BCUT2D eigenvalue weighted by atomic mass is 9.74. The van der Waals surface area contributed by atoms with Gasteiger partial charge in [0, 0.05) is 70.9 Å². The first-order valence-electron chi connectivity index (χ1n) is 27.1. The van der Waals surface area contributed by atoms with Crippen molar-refractivity contribution in [3.05, 3.63) is 59.7 Å². The summed E-state index contributed by atoms with van der Waals surface area (Å²) in [7, 11) is 1.00. The van der Waals surface area contributed by atoms with E-state index in [1.807, 2.05) is 48.5 Å². The predicted molar refractivity (Wildman–Crippen MR) is 311 cm³/mol. The second-order valence-electron chi connectivity index (χ2n) is 21.3. The fourth-order valence-corrected chi connectivity index (χ4v) is 8.32. The van der Waals surface area contributed by atoms with Gasteiger partial charge in [-0.05, 0) is 77.1 Å². The highest BCUT2D eigenvalue weighted by molar-refractivity contribution is 6.74. The van der Waals surface area contributed by atoms with Crippen LogP contribution in [0.15, 0.2) is 48.5 Å². The Hall–Kier alpha value is -7.19. The minimum absolute atomic E-state index is 0.00753. The Bertz CT molecular complexity index is 2620. The number of nitrogens with zero attached hydrogens (tertiary/aromatic N) is 4. The molecule has 0 unspecified atom stereocenters. The van der Waals surface area contributed by atoms with Crippen molar-refractivity contribution in [2.24, 2.45) is 0 Å². The first-order chi connectivity index (χ1) is 39.3. The van der Waals surface area contributed by atoms with Crippen molar-refractivity contribution in [3.8, 4) is 11.1 Å². The van der Waals surface area contributed by atoms with Crippen LogP contribution in [0.4, 0.5) is 19.2 Å². The van der Waals surface area contributed by atoms with E-state index in [2.05, 4.69) is 26.6 Å². The van der Waals surface area contributed by atoms with E-state index >= 15 is 0 Å². The molecule has 1 aliphatic carbocycles. The molecule has 0 heterocycles. The molecule has 1 radical (unpaired) electrons. The summed E-state index contributed by atoms with van der Waals surface area (Å²) in [5.74, 6) is -5.76. The van der Waals surface area contributed by atoms with Crippen LogP contribution in [-0.2, 0) is 57.3 Å². The molecule has 5 N–H and O–H groups in total. The molecule has 0 saturated heterocycles. The number of alkyl halides is 3. The van der Waals surface area contributed by atoms with E-state index in [0.29, 0.717) is 0 Å². The topological polar surface area (TPSA) is 315 Å². The molecular weight excluding hydrogens is 1160 g/mol. The number of carbonyl (C=O) groups is 12. The number of alkyl carbamates (subject to hydrolysis) is 3. The highest BCUT2D eigenvalue weighted by Gasteiger charge is 2.30. The second-order valence-corrected chi connectivity index (χ2v) is 23.8. The summed E-state index contributed by atoms with van der Waals surface area (Å²) < 4.78 is 19.0. The van der Waals surface area contributed by atoms with Gasteiger partial charge in [-0.25, -0.2) is 14.4 Å². The molecule has 0 aliphatic heterocycles. The lowest BCUT2D eigenvalue weighted by Gasteiger charge is -2.25. The van der Waals surface area contributed by atoms with Gasteiger partial charge in [-0.1, -0.05) is 90.3 Å². The number of ether oxygens (including phenoxy) is 4. The van der Waals surface area contributed by atoms with Gasteiger partial charge < -0.3 is 65.1 Å². The summed E-state index contributed by atoms with van der Waals surface area (Å²) in [4.78, 5) is 160. The number of fused-ring (bicyclic) bond motifs is 3. The van der Waals surface area contributed by atoms with Crippen LogP contribution in [0.1, 0.15) is 91.7 Å². The average Bonchev–Trinajstić information content (AvgIpc) is 3.29. The van der Waals surface area contributed by atoms with Gasteiger partial charge in [-0.15, -0.1) is 0 Å². The van der Waals surface area contributed by atoms with E-state index < -0.39 is 120 Å². The Morgan fingerprint density at radius 2 is 1.01 bits per heavy atom. The predicted octanol–water partition coefficient (Wildman–Crippen LogP) is 4.10. The van der Waals surface area contributed by atoms with Crippen LogP contribution in [0.5, 0.6) is 0 Å². The summed E-state index contributed by atoms with van der Waals surface area (Å²) in [6, 6.07) is 15.6. The van der Waals surface area contributed by atoms with Crippen LogP contribution in [0, 0.1) is 0 Å². The van der Waals surface area contributed by atoms with Crippen molar-refractivity contribution in [1.82, 2.24) is 46.2 Å². The van der Waals surface area contributed by atoms with E-state index in [1.165, 1.54) is 11.8 Å². The Kier molecular flexibility index (Phi) is 29.2. The first-order valence-corrected chi connectivity index (χ1v) is 28.2. The van der Waals surface area contributed by atoms with Gasteiger partial charge in [0.1, 0.15) is 43.3 Å². The molecule has 25 nitrogen and oxygen atoms in total. The highest BCUT2D eigenvalue weighted by Crippen LogP contribution is 2.44. The Morgan fingerprint density at radius 1 is 0.548 bits per heavy atom. The monoisotopic (exact) mass is 1230 g/mol. The van der Waals surface area contributed by atoms with Gasteiger partial charge >= 0.3 is 18.3 Å². The Balaban J connectivity index is 1.70. The van der Waals surface area contributed by atoms with Crippen molar-refractivity contribution < 1.29 is 76.5 Å². The summed E-state index contributed by atoms with van der Waals surface area (Å²) in [5.41, 5.74) is 2.27. The third kappa shape index (κ3) is 27.9. The number of Topliss-reactive ketones (excluding diaryl/α,β-unsaturated/α-hetero) is 2. The normalized spacial score (nSPS) is 11.8. The molecule has 0 spiro atoms. The molecule has 0 saturated carbocycles. The van der Waals surface area contributed by atoms with Crippen LogP contribution >= 0.6 is 34.8 Å². The number of halogens is 3. The van der Waals surface area contributed by atoms with Crippen LogP contribution < -0.4 is 26.6 Å². The van der Waals surface area contributed by atoms with Gasteiger partial charge in [-0.2, -0.15) is 0 Å². The van der Waals surface area contributed by atoms with E-state index in [1.54, 1.807) is 48.5 Å². The molecular formula is C55H76BCl3N9O16. The minimum atomic E-state index is -1.94. The Labute approximate surface area is 504 Å². The third-order valence-corrected chi connectivity index (χ3v) is 12.2. The van der Waals surface area contributed by atoms with Gasteiger partial charge in [-0.3, -0.25) is 43.2 Å². The first kappa shape index (κ1) is 71.1. The SMILES string of the molecule is CCC(=O)N(CCNC(=O)CN(CCNC(=O)CN(CCCC(=O)CN(CCNC(=O)OCC1c2ccccc2-c2ccccc21)C(=O)CNC(=O)OCC(Cl)(Cl)Cl)C(=O)CNC(=O)OC(C)(C)C)C(=O)C[B]C(=O)OC(C)(C)C)CC(C)=O. The largest absolute Gasteiger partial charge is 0.468 e. The molecule has 0 aromatic heterocycles. The zero-order valence-corrected chi connectivity index (χ0v) is 50.9. The fraction of sp³-hybridized carbons (Fsp3) is 0.564. The zero-order chi connectivity index (χ0) is 62.8. The molecule has 0 bridgehead atoms. The van der Waals surface area contributed by atoms with Crippen molar-refractivity contribution in [1.29, 1.82) is 0 Å². The zero-order valence-electron chi connectivity index (χ0n) is 48.7. The van der Waals surface area contributed by atoms with Crippen molar-refractivity contribution in [2.75, 3.05) is 98.3 Å². The van der Waals surface area contributed by atoms with Gasteiger partial charge in [0.15, 0.2) is 5.78 Å². The van der Waals surface area contributed by atoms with Crippen molar-refractivity contribution in [3.63, 3.8) is 0 Å². The molecule has 0 atom stereocenters. The van der Waals surface area contributed by atoms with E-state index in [-0.39, 0.29) is 95.8 Å². The molecule has 2 aromatic carbocycles.